The van der Waals surface area contributed by atoms with Gasteiger partial charge in [-0.05, 0) is 18.4 Å². The molecule has 2 aromatic heterocycles. The molecule has 0 saturated carbocycles. The number of hydrogen-bond acceptors (Lipinski definition) is 4. The zero-order valence-electron chi connectivity index (χ0n) is 7.08. The first-order chi connectivity index (χ1) is 6.42. The van der Waals surface area contributed by atoms with Crippen LogP contribution in [0.5, 0.6) is 0 Å². The van der Waals surface area contributed by atoms with Crippen LogP contribution in [0.15, 0.2) is 36.0 Å². The number of nitrogens with zero attached hydrogens (tertiary/aromatic N) is 4. The summed E-state index contributed by atoms with van der Waals surface area (Å²) in [5.41, 5.74) is 0.983. The van der Waals surface area contributed by atoms with Gasteiger partial charge in [-0.1, -0.05) is 11.8 Å². The summed E-state index contributed by atoms with van der Waals surface area (Å²) in [5, 5.41) is 8.66. The van der Waals surface area contributed by atoms with Gasteiger partial charge in [-0.15, -0.1) is 10.2 Å². The zero-order valence-corrected chi connectivity index (χ0v) is 7.90. The predicted octanol–water partition coefficient (Wildman–Crippen LogP) is 1.38. The Balaban J connectivity index is 2.47. The van der Waals surface area contributed by atoms with Crippen LogP contribution in [-0.4, -0.2) is 26.0 Å². The highest BCUT2D eigenvalue weighted by atomic mass is 32.2. The first-order valence-corrected chi connectivity index (χ1v) is 4.98. The Hall–Kier alpha value is -1.36. The van der Waals surface area contributed by atoms with Gasteiger partial charge in [0.25, 0.3) is 0 Å². The third-order valence-electron chi connectivity index (χ3n) is 1.62. The van der Waals surface area contributed by atoms with Crippen molar-refractivity contribution in [3.05, 3.63) is 30.9 Å². The van der Waals surface area contributed by atoms with E-state index >= 15 is 0 Å². The van der Waals surface area contributed by atoms with Crippen LogP contribution in [0.3, 0.4) is 0 Å². The summed E-state index contributed by atoms with van der Waals surface area (Å²) < 4.78 is 1.90. The Morgan fingerprint density at radius 3 is 3.08 bits per heavy atom. The van der Waals surface area contributed by atoms with Crippen LogP contribution in [0, 0.1) is 0 Å². The van der Waals surface area contributed by atoms with Gasteiger partial charge in [0.05, 0.1) is 11.9 Å². The topological polar surface area (TPSA) is 43.6 Å². The minimum Gasteiger partial charge on any atom is -0.275 e. The highest BCUT2D eigenvalue weighted by Crippen LogP contribution is 2.15. The molecular formula is C8H8N4S. The first-order valence-electron chi connectivity index (χ1n) is 3.76. The van der Waals surface area contributed by atoms with E-state index in [1.54, 1.807) is 30.5 Å². The van der Waals surface area contributed by atoms with Crippen LogP contribution >= 0.6 is 11.8 Å². The molecule has 0 aliphatic carbocycles. The lowest BCUT2D eigenvalue weighted by atomic mass is 10.4. The molecule has 13 heavy (non-hydrogen) atoms. The van der Waals surface area contributed by atoms with Crippen molar-refractivity contribution < 1.29 is 0 Å². The number of pyridine rings is 1. The van der Waals surface area contributed by atoms with Crippen molar-refractivity contribution in [2.45, 2.75) is 5.16 Å². The van der Waals surface area contributed by atoms with Gasteiger partial charge in [-0.25, -0.2) is 0 Å². The summed E-state index contributed by atoms with van der Waals surface area (Å²) in [5.74, 6) is 0. The first kappa shape index (κ1) is 8.25. The van der Waals surface area contributed by atoms with Gasteiger partial charge in [-0.3, -0.25) is 9.55 Å². The molecule has 0 unspecified atom stereocenters. The van der Waals surface area contributed by atoms with E-state index in [0.717, 1.165) is 10.8 Å². The van der Waals surface area contributed by atoms with Crippen LogP contribution in [0.2, 0.25) is 0 Å². The number of thioether (sulfide) groups is 1. The fourth-order valence-corrected chi connectivity index (χ4v) is 1.51. The molecule has 2 aromatic rings. The molecule has 0 aliphatic rings. The molecule has 0 fully saturated rings. The molecule has 0 N–H and O–H groups in total. The Bertz CT molecular complexity index is 384. The van der Waals surface area contributed by atoms with Gasteiger partial charge in [0, 0.05) is 6.20 Å². The van der Waals surface area contributed by atoms with Crippen LogP contribution in [-0.2, 0) is 0 Å². The molecule has 4 nitrogen and oxygen atoms in total. The zero-order chi connectivity index (χ0) is 9.10. The van der Waals surface area contributed by atoms with Crippen molar-refractivity contribution in [2.75, 3.05) is 6.26 Å². The molecule has 0 saturated heterocycles. The number of aromatic nitrogens is 4. The minimum atomic E-state index is 0.869. The number of rotatable bonds is 2. The van der Waals surface area contributed by atoms with Crippen molar-refractivity contribution in [2.24, 2.45) is 0 Å². The summed E-state index contributed by atoms with van der Waals surface area (Å²) in [7, 11) is 0. The third kappa shape index (κ3) is 1.55. The predicted molar refractivity (Wildman–Crippen MR) is 50.9 cm³/mol. The van der Waals surface area contributed by atoms with Crippen molar-refractivity contribution in [1.29, 1.82) is 0 Å². The molecule has 0 amide bonds. The van der Waals surface area contributed by atoms with Gasteiger partial charge in [0.1, 0.15) is 6.33 Å². The molecule has 0 spiro atoms. The maximum Gasteiger partial charge on any atom is 0.195 e. The molecule has 66 valence electrons. The SMILES string of the molecule is CSc1nncn1-c1cccnc1. The summed E-state index contributed by atoms with van der Waals surface area (Å²) in [6.45, 7) is 0. The second-order valence-corrected chi connectivity index (χ2v) is 3.17. The molecular weight excluding hydrogens is 184 g/mol. The molecule has 0 radical (unpaired) electrons. The van der Waals surface area contributed by atoms with Gasteiger partial charge >= 0.3 is 0 Å². The summed E-state index contributed by atoms with van der Waals surface area (Å²) in [6, 6.07) is 3.86. The summed E-state index contributed by atoms with van der Waals surface area (Å²) in [4.78, 5) is 4.03. The smallest absolute Gasteiger partial charge is 0.195 e. The lowest BCUT2D eigenvalue weighted by Gasteiger charge is -2.01. The van der Waals surface area contributed by atoms with E-state index in [-0.39, 0.29) is 0 Å². The van der Waals surface area contributed by atoms with E-state index in [0.29, 0.717) is 0 Å². The summed E-state index contributed by atoms with van der Waals surface area (Å²) >= 11 is 1.56. The van der Waals surface area contributed by atoms with E-state index in [2.05, 4.69) is 15.2 Å². The molecule has 0 atom stereocenters. The Kier molecular flexibility index (Phi) is 2.27. The van der Waals surface area contributed by atoms with Gasteiger partial charge in [0.15, 0.2) is 5.16 Å². The largest absolute Gasteiger partial charge is 0.275 e. The van der Waals surface area contributed by atoms with Gasteiger partial charge < -0.3 is 0 Å². The van der Waals surface area contributed by atoms with Crippen LogP contribution in [0.25, 0.3) is 5.69 Å². The van der Waals surface area contributed by atoms with E-state index in [1.165, 1.54) is 0 Å². The fourth-order valence-electron chi connectivity index (χ4n) is 1.04. The highest BCUT2D eigenvalue weighted by molar-refractivity contribution is 7.98. The van der Waals surface area contributed by atoms with Crippen LogP contribution < -0.4 is 0 Å². The van der Waals surface area contributed by atoms with Crippen molar-refractivity contribution in [3.8, 4) is 5.69 Å². The van der Waals surface area contributed by atoms with Crippen LogP contribution in [0.4, 0.5) is 0 Å². The fraction of sp³-hybridized carbons (Fsp3) is 0.125. The normalized spacial score (nSPS) is 10.2. The average Bonchev–Trinajstić information content (AvgIpc) is 2.67. The Morgan fingerprint density at radius 1 is 1.46 bits per heavy atom. The van der Waals surface area contributed by atoms with E-state index in [9.17, 15) is 0 Å². The highest BCUT2D eigenvalue weighted by Gasteiger charge is 2.03. The average molecular weight is 192 g/mol. The minimum absolute atomic E-state index is 0.869. The lowest BCUT2D eigenvalue weighted by Crippen LogP contribution is -1.94. The number of hydrogen-bond donors (Lipinski definition) is 0. The molecule has 2 rings (SSSR count). The third-order valence-corrected chi connectivity index (χ3v) is 2.27. The quantitative estimate of drug-likeness (QED) is 0.674. The standard InChI is InChI=1S/C8H8N4S/c1-13-8-11-10-6-12(8)7-3-2-4-9-5-7/h2-6H,1H3. The molecule has 0 aromatic carbocycles. The Labute approximate surface area is 80.0 Å². The van der Waals surface area contributed by atoms with Crippen molar-refractivity contribution in [3.63, 3.8) is 0 Å². The van der Waals surface area contributed by atoms with E-state index in [4.69, 9.17) is 0 Å². The van der Waals surface area contributed by atoms with Gasteiger partial charge in [0.2, 0.25) is 0 Å². The molecule has 0 aliphatic heterocycles. The molecule has 2 heterocycles. The van der Waals surface area contributed by atoms with Gasteiger partial charge in [-0.2, -0.15) is 0 Å². The maximum atomic E-state index is 4.03. The monoisotopic (exact) mass is 192 g/mol. The van der Waals surface area contributed by atoms with Crippen molar-refractivity contribution in [1.82, 2.24) is 19.7 Å². The lowest BCUT2D eigenvalue weighted by molar-refractivity contribution is 0.881. The van der Waals surface area contributed by atoms with E-state index in [1.807, 2.05) is 23.0 Å². The molecule has 0 bridgehead atoms. The second kappa shape index (κ2) is 3.57. The Morgan fingerprint density at radius 2 is 2.38 bits per heavy atom. The van der Waals surface area contributed by atoms with Crippen molar-refractivity contribution >= 4 is 11.8 Å². The van der Waals surface area contributed by atoms with E-state index < -0.39 is 0 Å². The molecule has 5 heteroatoms. The second-order valence-electron chi connectivity index (χ2n) is 2.40. The maximum absolute atomic E-state index is 4.03. The summed E-state index contributed by atoms with van der Waals surface area (Å²) in [6.07, 6.45) is 7.18. The van der Waals surface area contributed by atoms with Crippen LogP contribution in [0.1, 0.15) is 0 Å².